The van der Waals surface area contributed by atoms with E-state index in [2.05, 4.69) is 207 Å². The maximum Gasteiger partial charge on any atom is 0.143 e. The first-order valence-corrected chi connectivity index (χ1v) is 20.9. The number of para-hydroxylation sites is 4. The fourth-order valence-corrected chi connectivity index (χ4v) is 9.81. The SMILES string of the molecule is CC1(C)CCC(C)(C)c2cc(-n3c4ccccc4c4ccc(N(c5ccc(-c6cccc7c6oc6ccccc67)cc5)c5ccccc5-c5ccccc5)cc43)ccc21. The smallest absolute Gasteiger partial charge is 0.143 e. The molecule has 59 heavy (non-hydrogen) atoms. The lowest BCUT2D eigenvalue weighted by Gasteiger charge is -2.42. The molecule has 0 amide bonds. The van der Waals surface area contributed by atoms with Crippen molar-refractivity contribution in [2.45, 2.75) is 51.4 Å². The van der Waals surface area contributed by atoms with E-state index in [1.807, 2.05) is 12.1 Å². The molecule has 0 fully saturated rings. The van der Waals surface area contributed by atoms with Gasteiger partial charge in [-0.2, -0.15) is 0 Å². The van der Waals surface area contributed by atoms with Gasteiger partial charge in [0.05, 0.1) is 16.7 Å². The molecule has 1 aliphatic carbocycles. The van der Waals surface area contributed by atoms with Gasteiger partial charge in [-0.1, -0.05) is 155 Å². The quantitative estimate of drug-likeness (QED) is 0.168. The number of fused-ring (bicyclic) bond motifs is 7. The maximum absolute atomic E-state index is 6.47. The number of rotatable bonds is 6. The minimum atomic E-state index is 0.102. The van der Waals surface area contributed by atoms with Crippen LogP contribution in [-0.4, -0.2) is 4.57 Å². The van der Waals surface area contributed by atoms with Gasteiger partial charge in [-0.15, -0.1) is 0 Å². The molecule has 3 nitrogen and oxygen atoms in total. The van der Waals surface area contributed by atoms with Crippen molar-refractivity contribution in [2.24, 2.45) is 0 Å². The molecule has 0 saturated heterocycles. The molecule has 0 saturated carbocycles. The maximum atomic E-state index is 6.47. The van der Waals surface area contributed by atoms with Crippen LogP contribution in [0.3, 0.4) is 0 Å². The summed E-state index contributed by atoms with van der Waals surface area (Å²) in [7, 11) is 0. The van der Waals surface area contributed by atoms with Crippen molar-refractivity contribution >= 4 is 60.8 Å². The number of nitrogens with zero attached hydrogens (tertiary/aromatic N) is 2. The van der Waals surface area contributed by atoms with Crippen LogP contribution in [-0.2, 0) is 10.8 Å². The van der Waals surface area contributed by atoms with E-state index in [1.54, 1.807) is 0 Å². The van der Waals surface area contributed by atoms with E-state index in [-0.39, 0.29) is 10.8 Å². The van der Waals surface area contributed by atoms with Crippen LogP contribution >= 0.6 is 0 Å². The Balaban J connectivity index is 1.11. The van der Waals surface area contributed by atoms with E-state index in [0.717, 1.165) is 50.1 Å². The van der Waals surface area contributed by atoms with Crippen LogP contribution in [0, 0.1) is 0 Å². The highest BCUT2D eigenvalue weighted by molar-refractivity contribution is 6.11. The van der Waals surface area contributed by atoms with Crippen molar-refractivity contribution in [1.29, 1.82) is 0 Å². The zero-order chi connectivity index (χ0) is 39.9. The first-order valence-electron chi connectivity index (χ1n) is 20.9. The van der Waals surface area contributed by atoms with Crippen LogP contribution in [0.4, 0.5) is 17.1 Å². The van der Waals surface area contributed by atoms with Crippen LogP contribution in [0.25, 0.3) is 71.7 Å². The Labute approximate surface area is 345 Å². The number of benzene rings is 8. The summed E-state index contributed by atoms with van der Waals surface area (Å²) in [5.41, 5.74) is 16.5. The van der Waals surface area contributed by atoms with Crippen LogP contribution in [0.1, 0.15) is 51.7 Å². The number of aromatic nitrogens is 1. The largest absolute Gasteiger partial charge is 0.455 e. The fraction of sp³-hybridized carbons (Fsp3) is 0.143. The zero-order valence-electron chi connectivity index (χ0n) is 34.0. The first kappa shape index (κ1) is 35.3. The lowest BCUT2D eigenvalue weighted by atomic mass is 9.63. The molecule has 0 spiro atoms. The summed E-state index contributed by atoms with van der Waals surface area (Å²) in [5, 5.41) is 4.77. The van der Waals surface area contributed by atoms with E-state index >= 15 is 0 Å². The Morgan fingerprint density at radius 2 is 1.08 bits per heavy atom. The second-order valence-corrected chi connectivity index (χ2v) is 17.6. The summed E-state index contributed by atoms with van der Waals surface area (Å²) in [5.74, 6) is 0. The second-order valence-electron chi connectivity index (χ2n) is 17.6. The monoisotopic (exact) mass is 762 g/mol. The number of furan rings is 1. The second kappa shape index (κ2) is 13.4. The van der Waals surface area contributed by atoms with Gasteiger partial charge in [-0.05, 0) is 101 Å². The highest BCUT2D eigenvalue weighted by atomic mass is 16.3. The van der Waals surface area contributed by atoms with E-state index in [1.165, 1.54) is 62.6 Å². The molecule has 0 atom stereocenters. The van der Waals surface area contributed by atoms with Crippen molar-refractivity contribution in [2.75, 3.05) is 4.90 Å². The Hall–Kier alpha value is -6.84. The lowest BCUT2D eigenvalue weighted by Crippen LogP contribution is -2.33. The van der Waals surface area contributed by atoms with Crippen molar-refractivity contribution < 1.29 is 4.42 Å². The molecular formula is C56H46N2O. The number of hydrogen-bond acceptors (Lipinski definition) is 2. The average molecular weight is 763 g/mol. The summed E-state index contributed by atoms with van der Waals surface area (Å²) in [4.78, 5) is 2.42. The van der Waals surface area contributed by atoms with Gasteiger partial charge in [0, 0.05) is 49.7 Å². The van der Waals surface area contributed by atoms with Crippen LogP contribution in [0.2, 0.25) is 0 Å². The van der Waals surface area contributed by atoms with Gasteiger partial charge < -0.3 is 13.9 Å². The van der Waals surface area contributed by atoms with Crippen molar-refractivity contribution in [3.05, 3.63) is 193 Å². The van der Waals surface area contributed by atoms with Gasteiger partial charge in [-0.25, -0.2) is 0 Å². The molecule has 0 N–H and O–H groups in total. The number of anilines is 3. The van der Waals surface area contributed by atoms with E-state index < -0.39 is 0 Å². The minimum Gasteiger partial charge on any atom is -0.455 e. The molecule has 8 aromatic carbocycles. The van der Waals surface area contributed by atoms with Gasteiger partial charge in [-0.3, -0.25) is 0 Å². The van der Waals surface area contributed by atoms with E-state index in [9.17, 15) is 0 Å². The molecule has 3 heteroatoms. The molecular weight excluding hydrogens is 717 g/mol. The van der Waals surface area contributed by atoms with Crippen molar-refractivity contribution in [3.8, 4) is 27.9 Å². The van der Waals surface area contributed by atoms with E-state index in [4.69, 9.17) is 4.42 Å². The Morgan fingerprint density at radius 1 is 0.458 bits per heavy atom. The van der Waals surface area contributed by atoms with Crippen molar-refractivity contribution in [3.63, 3.8) is 0 Å². The lowest BCUT2D eigenvalue weighted by molar-refractivity contribution is 0.332. The Morgan fingerprint density at radius 3 is 1.92 bits per heavy atom. The molecule has 286 valence electrons. The average Bonchev–Trinajstić information content (AvgIpc) is 3.82. The molecule has 11 rings (SSSR count). The van der Waals surface area contributed by atoms with Gasteiger partial charge >= 0.3 is 0 Å². The Bertz CT molecular complexity index is 3220. The minimum absolute atomic E-state index is 0.102. The van der Waals surface area contributed by atoms with Crippen LogP contribution in [0.5, 0.6) is 0 Å². The molecule has 0 unspecified atom stereocenters. The molecule has 2 aromatic heterocycles. The summed E-state index contributed by atoms with van der Waals surface area (Å²) in [6, 6.07) is 66.4. The van der Waals surface area contributed by atoms with Gasteiger partial charge in [0.1, 0.15) is 11.2 Å². The predicted molar refractivity (Wildman–Crippen MR) is 249 cm³/mol. The molecule has 10 aromatic rings. The highest BCUT2D eigenvalue weighted by Gasteiger charge is 2.37. The summed E-state index contributed by atoms with van der Waals surface area (Å²) >= 11 is 0. The van der Waals surface area contributed by atoms with Gasteiger partial charge in [0.2, 0.25) is 0 Å². The topological polar surface area (TPSA) is 21.3 Å². The summed E-state index contributed by atoms with van der Waals surface area (Å²) < 4.78 is 8.96. The molecule has 0 bridgehead atoms. The molecule has 2 heterocycles. The third kappa shape index (κ3) is 5.71. The zero-order valence-corrected chi connectivity index (χ0v) is 34.0. The van der Waals surface area contributed by atoms with Crippen LogP contribution < -0.4 is 4.90 Å². The fourth-order valence-electron chi connectivity index (χ4n) is 9.81. The standard InChI is InChI=1S/C56H46N2O/c1-55(2)33-34-56(3,4)49-35-40(30-32-48(49)55)58-51-23-12-9-18-44(51)45-31-29-41(36-52(45)58)57(50-22-11-8-17-42(50)37-15-6-5-7-16-37)39-27-25-38(26-28-39)43-20-14-21-47-46-19-10-13-24-53(46)59-54(43)47/h5-32,35-36H,33-34H2,1-4H3. The van der Waals surface area contributed by atoms with Gasteiger partial charge in [0.15, 0.2) is 0 Å². The van der Waals surface area contributed by atoms with E-state index in [0.29, 0.717) is 0 Å². The van der Waals surface area contributed by atoms with Gasteiger partial charge in [0.25, 0.3) is 0 Å². The molecule has 1 aliphatic rings. The third-order valence-corrected chi connectivity index (χ3v) is 13.1. The number of hydrogen-bond donors (Lipinski definition) is 0. The normalized spacial score (nSPS) is 14.6. The summed E-state index contributed by atoms with van der Waals surface area (Å²) in [6.07, 6.45) is 2.37. The van der Waals surface area contributed by atoms with Crippen LogP contribution in [0.15, 0.2) is 186 Å². The Kier molecular flexibility index (Phi) is 8.00. The highest BCUT2D eigenvalue weighted by Crippen LogP contribution is 2.48. The third-order valence-electron chi connectivity index (χ3n) is 13.1. The predicted octanol–water partition coefficient (Wildman–Crippen LogP) is 15.8. The molecule has 0 radical (unpaired) electrons. The first-order chi connectivity index (χ1) is 28.7. The molecule has 0 aliphatic heterocycles. The van der Waals surface area contributed by atoms with Crippen molar-refractivity contribution in [1.82, 2.24) is 4.57 Å². The summed E-state index contributed by atoms with van der Waals surface area (Å²) in [6.45, 7) is 9.64.